The highest BCUT2D eigenvalue weighted by Crippen LogP contribution is 2.30. The van der Waals surface area contributed by atoms with Crippen molar-refractivity contribution in [2.75, 3.05) is 13.8 Å². The lowest BCUT2D eigenvalue weighted by molar-refractivity contribution is -0.131. The van der Waals surface area contributed by atoms with Gasteiger partial charge in [-0.15, -0.1) is 16.4 Å². The van der Waals surface area contributed by atoms with E-state index in [2.05, 4.69) is 5.10 Å². The Labute approximate surface area is 162 Å². The number of carbonyl (C=O) groups is 1. The van der Waals surface area contributed by atoms with E-state index in [9.17, 15) is 14.0 Å². The first kappa shape index (κ1) is 18.4. The molecule has 10 heteroatoms. The summed E-state index contributed by atoms with van der Waals surface area (Å²) in [5.74, 6) is -0.835. The Morgan fingerprint density at radius 2 is 2.29 bits per heavy atom. The minimum absolute atomic E-state index is 0.0725. The molecule has 0 bridgehead atoms. The average Bonchev–Trinajstić information content (AvgIpc) is 3.32. The van der Waals surface area contributed by atoms with Gasteiger partial charge in [-0.2, -0.15) is 4.68 Å². The van der Waals surface area contributed by atoms with Gasteiger partial charge in [-0.3, -0.25) is 4.79 Å². The van der Waals surface area contributed by atoms with Crippen molar-refractivity contribution in [2.24, 2.45) is 0 Å². The number of carbonyl (C=O) groups excluding carboxylic acids is 1. The highest BCUT2D eigenvalue weighted by molar-refractivity contribution is 7.13. The summed E-state index contributed by atoms with van der Waals surface area (Å²) in [6.45, 7) is 0.149. The van der Waals surface area contributed by atoms with Crippen LogP contribution in [0.5, 0.6) is 5.75 Å². The van der Waals surface area contributed by atoms with Gasteiger partial charge < -0.3 is 18.8 Å². The second-order valence-corrected chi connectivity index (χ2v) is 7.17. The molecular weight excluding hydrogens is 389 g/mol. The molecular formula is C18H16FN3O5S. The van der Waals surface area contributed by atoms with Crippen molar-refractivity contribution in [1.29, 1.82) is 0 Å². The molecule has 1 aliphatic rings. The number of benzene rings is 1. The third-order valence-electron chi connectivity index (χ3n) is 4.21. The van der Waals surface area contributed by atoms with Gasteiger partial charge in [0.2, 0.25) is 5.91 Å². The van der Waals surface area contributed by atoms with Gasteiger partial charge in [-0.05, 0) is 23.6 Å². The van der Waals surface area contributed by atoms with E-state index >= 15 is 0 Å². The number of hydrogen-bond donors (Lipinski definition) is 0. The molecule has 0 saturated carbocycles. The van der Waals surface area contributed by atoms with Crippen molar-refractivity contribution >= 4 is 17.2 Å². The number of aromatic nitrogens is 2. The molecule has 0 N–H and O–H groups in total. The molecule has 1 aliphatic heterocycles. The number of hydrogen-bond acceptors (Lipinski definition) is 7. The summed E-state index contributed by atoms with van der Waals surface area (Å²) in [4.78, 5) is 26.6. The van der Waals surface area contributed by atoms with E-state index in [1.54, 1.807) is 13.1 Å². The standard InChI is InChI=1S/C18H16FN3O5S/c1-21(7-11-5-13(19)6-12-9-25-10-26-16(11)12)15(23)8-22-18(24)27-17(20-22)14-3-2-4-28-14/h2-6H,7-10H2,1H3. The fourth-order valence-corrected chi connectivity index (χ4v) is 3.52. The van der Waals surface area contributed by atoms with Gasteiger partial charge in [0.05, 0.1) is 11.5 Å². The summed E-state index contributed by atoms with van der Waals surface area (Å²) in [5.41, 5.74) is 1.12. The highest BCUT2D eigenvalue weighted by atomic mass is 32.1. The van der Waals surface area contributed by atoms with Crippen molar-refractivity contribution in [3.8, 4) is 16.5 Å². The quantitative estimate of drug-likeness (QED) is 0.647. The molecule has 0 radical (unpaired) electrons. The SMILES string of the molecule is CN(Cc1cc(F)cc2c1OCOC2)C(=O)Cn1nc(-c2cccs2)oc1=O. The van der Waals surface area contributed by atoms with Gasteiger partial charge in [0.1, 0.15) is 18.1 Å². The number of likely N-dealkylation sites (N-methyl/N-ethyl adjacent to an activating group) is 1. The topological polar surface area (TPSA) is 86.8 Å². The molecule has 28 heavy (non-hydrogen) atoms. The normalized spacial score (nSPS) is 13.1. The predicted octanol–water partition coefficient (Wildman–Crippen LogP) is 2.23. The average molecular weight is 405 g/mol. The monoisotopic (exact) mass is 405 g/mol. The third kappa shape index (κ3) is 3.69. The van der Waals surface area contributed by atoms with Crippen LogP contribution in [-0.2, 0) is 29.2 Å². The van der Waals surface area contributed by atoms with Crippen molar-refractivity contribution < 1.29 is 23.1 Å². The van der Waals surface area contributed by atoms with Crippen LogP contribution in [0.4, 0.5) is 4.39 Å². The fourth-order valence-electron chi connectivity index (χ4n) is 2.87. The van der Waals surface area contributed by atoms with Crippen LogP contribution in [0.15, 0.2) is 38.9 Å². The highest BCUT2D eigenvalue weighted by Gasteiger charge is 2.21. The first-order valence-electron chi connectivity index (χ1n) is 8.39. The maximum atomic E-state index is 13.9. The minimum Gasteiger partial charge on any atom is -0.467 e. The Bertz CT molecular complexity index is 1060. The number of fused-ring (bicyclic) bond motifs is 1. The second-order valence-electron chi connectivity index (χ2n) is 6.22. The third-order valence-corrected chi connectivity index (χ3v) is 5.07. The van der Waals surface area contributed by atoms with Crippen LogP contribution in [0, 0.1) is 5.82 Å². The smallest absolute Gasteiger partial charge is 0.437 e. The van der Waals surface area contributed by atoms with E-state index in [0.717, 1.165) is 4.68 Å². The Morgan fingerprint density at radius 3 is 3.07 bits per heavy atom. The van der Waals surface area contributed by atoms with Gasteiger partial charge in [-0.25, -0.2) is 9.18 Å². The summed E-state index contributed by atoms with van der Waals surface area (Å²) in [5, 5.41) is 5.90. The van der Waals surface area contributed by atoms with Crippen molar-refractivity contribution in [2.45, 2.75) is 19.7 Å². The van der Waals surface area contributed by atoms with E-state index in [-0.39, 0.29) is 38.3 Å². The van der Waals surface area contributed by atoms with Crippen molar-refractivity contribution in [3.63, 3.8) is 0 Å². The molecule has 4 rings (SSSR count). The van der Waals surface area contributed by atoms with Crippen LogP contribution in [0.3, 0.4) is 0 Å². The number of nitrogens with zero attached hydrogens (tertiary/aromatic N) is 3. The van der Waals surface area contributed by atoms with Gasteiger partial charge in [0, 0.05) is 24.7 Å². The fraction of sp³-hybridized carbons (Fsp3) is 0.278. The summed E-state index contributed by atoms with van der Waals surface area (Å²) < 4.78 is 30.6. The molecule has 146 valence electrons. The molecule has 3 heterocycles. The maximum Gasteiger partial charge on any atom is 0.437 e. The summed E-state index contributed by atoms with van der Waals surface area (Å²) in [6.07, 6.45) is 0. The number of thiophene rings is 1. The van der Waals surface area contributed by atoms with Crippen molar-refractivity contribution in [3.05, 3.63) is 57.1 Å². The Morgan fingerprint density at radius 1 is 1.43 bits per heavy atom. The molecule has 1 aromatic carbocycles. The number of rotatable bonds is 5. The van der Waals surface area contributed by atoms with E-state index in [1.165, 1.54) is 28.4 Å². The van der Waals surface area contributed by atoms with Crippen LogP contribution in [0.25, 0.3) is 10.8 Å². The number of ether oxygens (including phenoxy) is 2. The first-order valence-corrected chi connectivity index (χ1v) is 9.27. The Hall–Kier alpha value is -2.98. The largest absolute Gasteiger partial charge is 0.467 e. The molecule has 3 aromatic rings. The lowest BCUT2D eigenvalue weighted by Gasteiger charge is -2.23. The van der Waals surface area contributed by atoms with Crippen LogP contribution in [-0.4, -0.2) is 34.4 Å². The second kappa shape index (κ2) is 7.56. The van der Waals surface area contributed by atoms with E-state index < -0.39 is 11.6 Å². The maximum absolute atomic E-state index is 13.9. The molecule has 2 aromatic heterocycles. The minimum atomic E-state index is -0.714. The predicted molar refractivity (Wildman–Crippen MR) is 97.2 cm³/mol. The van der Waals surface area contributed by atoms with Crippen LogP contribution < -0.4 is 10.5 Å². The van der Waals surface area contributed by atoms with E-state index in [1.807, 2.05) is 11.4 Å². The molecule has 0 aliphatic carbocycles. The van der Waals surface area contributed by atoms with Gasteiger partial charge in [0.15, 0.2) is 6.79 Å². The van der Waals surface area contributed by atoms with E-state index in [0.29, 0.717) is 21.8 Å². The molecule has 0 unspecified atom stereocenters. The van der Waals surface area contributed by atoms with Gasteiger partial charge in [-0.1, -0.05) is 6.07 Å². The molecule has 0 saturated heterocycles. The molecule has 0 fully saturated rings. The molecule has 1 amide bonds. The van der Waals surface area contributed by atoms with Gasteiger partial charge >= 0.3 is 5.76 Å². The molecule has 0 atom stereocenters. The number of halogens is 1. The van der Waals surface area contributed by atoms with Crippen LogP contribution in [0.2, 0.25) is 0 Å². The lowest BCUT2D eigenvalue weighted by Crippen LogP contribution is -2.33. The first-order chi connectivity index (χ1) is 13.5. The molecule has 8 nitrogen and oxygen atoms in total. The van der Waals surface area contributed by atoms with Gasteiger partial charge in [0.25, 0.3) is 5.89 Å². The zero-order chi connectivity index (χ0) is 19.7. The summed E-state index contributed by atoms with van der Waals surface area (Å²) in [7, 11) is 1.56. The van der Waals surface area contributed by atoms with Crippen LogP contribution >= 0.6 is 11.3 Å². The molecule has 0 spiro atoms. The zero-order valence-electron chi connectivity index (χ0n) is 14.9. The van der Waals surface area contributed by atoms with Crippen molar-refractivity contribution in [1.82, 2.24) is 14.7 Å². The Kier molecular flexibility index (Phi) is 4.97. The van der Waals surface area contributed by atoms with Crippen LogP contribution in [0.1, 0.15) is 11.1 Å². The number of amides is 1. The summed E-state index contributed by atoms with van der Waals surface area (Å²) >= 11 is 1.38. The Balaban J connectivity index is 1.49. The summed E-state index contributed by atoms with van der Waals surface area (Å²) in [6, 6.07) is 6.25. The zero-order valence-corrected chi connectivity index (χ0v) is 15.7. The van der Waals surface area contributed by atoms with E-state index in [4.69, 9.17) is 13.9 Å². The lowest BCUT2D eigenvalue weighted by atomic mass is 10.1.